The SMILES string of the molecule is COC(=O)C(C)(C)C=Cc1ccc2ccc(CNC(=O)[C@@H]3CCCN(C(=O)[C@H](C)NC(=O)[C@@H](O)C(C)C)N3)nc2c1. The van der Waals surface area contributed by atoms with Crippen molar-refractivity contribution in [2.75, 3.05) is 13.7 Å². The number of rotatable bonds is 10. The third-order valence-corrected chi connectivity index (χ3v) is 7.02. The van der Waals surface area contributed by atoms with E-state index in [0.717, 1.165) is 16.5 Å². The molecule has 1 saturated heterocycles. The lowest BCUT2D eigenvalue weighted by Crippen LogP contribution is -2.61. The normalized spacial score (nSPS) is 17.4. The number of aliphatic hydroxyl groups is 1. The van der Waals surface area contributed by atoms with E-state index in [1.807, 2.05) is 36.4 Å². The molecule has 1 aromatic heterocycles. The molecule has 222 valence electrons. The number of methoxy groups -OCH3 is 1. The molecule has 0 bridgehead atoms. The molecule has 3 rings (SSSR count). The van der Waals surface area contributed by atoms with E-state index in [1.54, 1.807) is 40.7 Å². The van der Waals surface area contributed by atoms with Crippen LogP contribution in [-0.2, 0) is 30.5 Å². The third-order valence-electron chi connectivity index (χ3n) is 7.02. The Labute approximate surface area is 240 Å². The van der Waals surface area contributed by atoms with Gasteiger partial charge in [0, 0.05) is 11.9 Å². The highest BCUT2D eigenvalue weighted by molar-refractivity contribution is 5.89. The number of aliphatic hydroxyl groups excluding tert-OH is 1. The number of ether oxygens (including phenoxy) is 1. The number of esters is 1. The number of hydrogen-bond acceptors (Lipinski definition) is 8. The minimum atomic E-state index is -1.21. The van der Waals surface area contributed by atoms with Gasteiger partial charge in [-0.2, -0.15) is 0 Å². The van der Waals surface area contributed by atoms with E-state index in [9.17, 15) is 24.3 Å². The van der Waals surface area contributed by atoms with Crippen molar-refractivity contribution in [3.8, 4) is 0 Å². The van der Waals surface area contributed by atoms with Crippen LogP contribution in [0.25, 0.3) is 17.0 Å². The fraction of sp³-hybridized carbons (Fsp3) is 0.500. The number of nitrogens with one attached hydrogen (secondary N) is 3. The van der Waals surface area contributed by atoms with Gasteiger partial charge < -0.3 is 20.5 Å². The molecule has 1 fully saturated rings. The molecule has 2 heterocycles. The first-order valence-corrected chi connectivity index (χ1v) is 13.8. The maximum absolute atomic E-state index is 12.9. The molecule has 11 heteroatoms. The summed E-state index contributed by atoms with van der Waals surface area (Å²) in [6, 6.07) is 8.09. The number of hydrogen-bond donors (Lipinski definition) is 4. The average molecular weight is 568 g/mol. The number of pyridine rings is 1. The van der Waals surface area contributed by atoms with E-state index in [1.165, 1.54) is 12.1 Å². The zero-order valence-electron chi connectivity index (χ0n) is 24.6. The second-order valence-corrected chi connectivity index (χ2v) is 11.3. The molecule has 1 aromatic carbocycles. The lowest BCUT2D eigenvalue weighted by molar-refractivity contribution is -0.148. The maximum atomic E-state index is 12.9. The first-order valence-electron chi connectivity index (χ1n) is 13.8. The van der Waals surface area contributed by atoms with E-state index in [2.05, 4.69) is 21.0 Å². The second kappa shape index (κ2) is 13.7. The van der Waals surface area contributed by atoms with Crippen LogP contribution >= 0.6 is 0 Å². The standard InChI is InChI=1S/C30H41N5O6/c1-18(2)25(36)27(38)32-19(3)28(39)35-15-7-8-23(34-35)26(37)31-17-22-12-11-21-10-9-20(16-24(21)33-22)13-14-30(4,5)29(40)41-6/h9-14,16,18-19,23,25,34,36H,7-8,15,17H2,1-6H3,(H,31,37)(H,32,38)/t19-,23-,25-/m0/s1. The number of hydrazine groups is 1. The lowest BCUT2D eigenvalue weighted by atomic mass is 9.92. The van der Waals surface area contributed by atoms with Crippen LogP contribution in [-0.4, -0.2) is 70.6 Å². The van der Waals surface area contributed by atoms with E-state index in [4.69, 9.17) is 4.74 Å². The average Bonchev–Trinajstić information content (AvgIpc) is 2.97. The minimum Gasteiger partial charge on any atom is -0.468 e. The van der Waals surface area contributed by atoms with E-state index >= 15 is 0 Å². The van der Waals surface area contributed by atoms with E-state index < -0.39 is 29.5 Å². The van der Waals surface area contributed by atoms with Crippen molar-refractivity contribution >= 4 is 40.7 Å². The number of fused-ring (bicyclic) bond motifs is 1. The number of benzene rings is 1. The Bertz CT molecular complexity index is 1310. The summed E-state index contributed by atoms with van der Waals surface area (Å²) in [7, 11) is 1.36. The summed E-state index contributed by atoms with van der Waals surface area (Å²) in [6.07, 6.45) is 3.60. The van der Waals surface area contributed by atoms with Crippen LogP contribution in [0.15, 0.2) is 36.4 Å². The summed E-state index contributed by atoms with van der Waals surface area (Å²) in [6.45, 7) is 9.14. The predicted molar refractivity (Wildman–Crippen MR) is 155 cm³/mol. The number of carbonyl (C=O) groups excluding carboxylic acids is 4. The highest BCUT2D eigenvalue weighted by Gasteiger charge is 2.31. The molecule has 2 aromatic rings. The summed E-state index contributed by atoms with van der Waals surface area (Å²) in [4.78, 5) is 54.6. The Morgan fingerprint density at radius 1 is 1.20 bits per heavy atom. The molecule has 0 spiro atoms. The molecule has 4 N–H and O–H groups in total. The summed E-state index contributed by atoms with van der Waals surface area (Å²) >= 11 is 0. The van der Waals surface area contributed by atoms with Crippen LogP contribution in [0.3, 0.4) is 0 Å². The number of carbonyl (C=O) groups is 4. The Morgan fingerprint density at radius 2 is 1.90 bits per heavy atom. The van der Waals surface area contributed by atoms with Crippen LogP contribution < -0.4 is 16.1 Å². The molecular formula is C30H41N5O6. The molecule has 1 aliphatic rings. The fourth-order valence-electron chi connectivity index (χ4n) is 4.35. The van der Waals surface area contributed by atoms with Crippen molar-refractivity contribution in [2.45, 2.75) is 72.2 Å². The molecule has 0 unspecified atom stereocenters. The predicted octanol–water partition coefficient (Wildman–Crippen LogP) is 2.08. The van der Waals surface area contributed by atoms with Gasteiger partial charge in [-0.25, -0.2) is 5.43 Å². The minimum absolute atomic E-state index is 0.204. The molecule has 3 atom stereocenters. The third kappa shape index (κ3) is 8.34. The topological polar surface area (TPSA) is 150 Å². The van der Waals surface area contributed by atoms with E-state index in [0.29, 0.717) is 25.1 Å². The first kappa shape index (κ1) is 31.7. The Hall–Kier alpha value is -3.83. The highest BCUT2D eigenvalue weighted by Crippen LogP contribution is 2.22. The molecule has 41 heavy (non-hydrogen) atoms. The second-order valence-electron chi connectivity index (χ2n) is 11.3. The summed E-state index contributed by atoms with van der Waals surface area (Å²) in [5.74, 6) is -1.86. The lowest BCUT2D eigenvalue weighted by Gasteiger charge is -2.34. The summed E-state index contributed by atoms with van der Waals surface area (Å²) in [5, 5.41) is 17.6. The van der Waals surface area contributed by atoms with Crippen LogP contribution in [0.5, 0.6) is 0 Å². The Kier molecular flexibility index (Phi) is 10.6. The number of amides is 3. The van der Waals surface area contributed by atoms with Gasteiger partial charge in [0.25, 0.3) is 5.91 Å². The molecule has 0 aliphatic carbocycles. The number of nitrogens with zero attached hydrogens (tertiary/aromatic N) is 2. The monoisotopic (exact) mass is 567 g/mol. The molecular weight excluding hydrogens is 526 g/mol. The van der Waals surface area contributed by atoms with Crippen molar-refractivity contribution in [3.63, 3.8) is 0 Å². The fourth-order valence-corrected chi connectivity index (χ4v) is 4.35. The Morgan fingerprint density at radius 3 is 2.59 bits per heavy atom. The van der Waals surface area contributed by atoms with Gasteiger partial charge in [-0.05, 0) is 57.2 Å². The van der Waals surface area contributed by atoms with Gasteiger partial charge in [0.15, 0.2) is 0 Å². The zero-order chi connectivity index (χ0) is 30.3. The van der Waals surface area contributed by atoms with E-state index in [-0.39, 0.29) is 30.2 Å². The van der Waals surface area contributed by atoms with Crippen molar-refractivity contribution in [3.05, 3.63) is 47.7 Å². The van der Waals surface area contributed by atoms with Crippen LogP contribution in [0, 0.1) is 11.3 Å². The van der Waals surface area contributed by atoms with Gasteiger partial charge in [-0.3, -0.25) is 29.2 Å². The van der Waals surface area contributed by atoms with Gasteiger partial charge in [0.05, 0.1) is 30.3 Å². The first-order chi connectivity index (χ1) is 19.3. The largest absolute Gasteiger partial charge is 0.468 e. The number of aromatic nitrogens is 1. The zero-order valence-corrected chi connectivity index (χ0v) is 24.6. The van der Waals surface area contributed by atoms with Crippen molar-refractivity contribution in [2.24, 2.45) is 11.3 Å². The van der Waals surface area contributed by atoms with Crippen molar-refractivity contribution in [1.29, 1.82) is 0 Å². The quantitative estimate of drug-likeness (QED) is 0.319. The van der Waals surface area contributed by atoms with Crippen LogP contribution in [0.1, 0.15) is 58.7 Å². The smallest absolute Gasteiger partial charge is 0.315 e. The van der Waals surface area contributed by atoms with Crippen LogP contribution in [0.4, 0.5) is 0 Å². The maximum Gasteiger partial charge on any atom is 0.315 e. The van der Waals surface area contributed by atoms with Gasteiger partial charge >= 0.3 is 5.97 Å². The molecule has 0 radical (unpaired) electrons. The van der Waals surface area contributed by atoms with Gasteiger partial charge in [-0.1, -0.05) is 44.2 Å². The summed E-state index contributed by atoms with van der Waals surface area (Å²) in [5.41, 5.74) is 4.50. The molecule has 11 nitrogen and oxygen atoms in total. The van der Waals surface area contributed by atoms with Gasteiger partial charge in [-0.15, -0.1) is 0 Å². The van der Waals surface area contributed by atoms with Crippen molar-refractivity contribution < 1.29 is 29.0 Å². The van der Waals surface area contributed by atoms with Gasteiger partial charge in [0.1, 0.15) is 18.2 Å². The highest BCUT2D eigenvalue weighted by atomic mass is 16.5. The molecule has 0 saturated carbocycles. The van der Waals surface area contributed by atoms with Gasteiger partial charge in [0.2, 0.25) is 11.8 Å². The summed E-state index contributed by atoms with van der Waals surface area (Å²) < 4.78 is 4.85. The van der Waals surface area contributed by atoms with Crippen LogP contribution in [0.2, 0.25) is 0 Å². The van der Waals surface area contributed by atoms with Crippen molar-refractivity contribution in [1.82, 2.24) is 26.1 Å². The molecule has 3 amide bonds. The Balaban J connectivity index is 1.59. The molecule has 1 aliphatic heterocycles.